The monoisotopic (exact) mass is 551 g/mol. The summed E-state index contributed by atoms with van der Waals surface area (Å²) in [5.41, 5.74) is 10.0. The lowest BCUT2D eigenvalue weighted by atomic mass is 9.94. The third-order valence-electron chi connectivity index (χ3n) is 7.01. The van der Waals surface area contributed by atoms with Gasteiger partial charge in [0.15, 0.2) is 0 Å². The number of carbonyl (C=O) groups is 1. The van der Waals surface area contributed by atoms with Gasteiger partial charge in [-0.2, -0.15) is 0 Å². The van der Waals surface area contributed by atoms with Gasteiger partial charge in [0.05, 0.1) is 17.3 Å². The summed E-state index contributed by atoms with van der Waals surface area (Å²) < 4.78 is 6.09. The van der Waals surface area contributed by atoms with Crippen LogP contribution < -0.4 is 5.73 Å². The van der Waals surface area contributed by atoms with Crippen LogP contribution in [-0.2, 0) is 12.0 Å². The zero-order valence-electron chi connectivity index (χ0n) is 22.3. The van der Waals surface area contributed by atoms with Crippen LogP contribution >= 0.6 is 11.3 Å². The van der Waals surface area contributed by atoms with E-state index < -0.39 is 5.54 Å². The van der Waals surface area contributed by atoms with Gasteiger partial charge < -0.3 is 15.1 Å². The molecule has 0 bridgehead atoms. The number of aryl methyl sites for hydroxylation is 1. The Labute approximate surface area is 236 Å². The van der Waals surface area contributed by atoms with Crippen molar-refractivity contribution in [3.8, 4) is 22.8 Å². The lowest BCUT2D eigenvalue weighted by Gasteiger charge is -2.23. The molecule has 9 nitrogen and oxygen atoms in total. The number of rotatable bonds is 7. The Hall–Kier alpha value is -4.28. The van der Waals surface area contributed by atoms with Crippen molar-refractivity contribution in [1.82, 2.24) is 30.0 Å². The first-order valence-electron chi connectivity index (χ1n) is 13.2. The van der Waals surface area contributed by atoms with E-state index in [1.165, 1.54) is 0 Å². The van der Waals surface area contributed by atoms with Gasteiger partial charge in [-0.3, -0.25) is 9.78 Å². The number of nitrogens with two attached hydrogens (primary N) is 1. The van der Waals surface area contributed by atoms with Crippen molar-refractivity contribution in [2.24, 2.45) is 5.73 Å². The van der Waals surface area contributed by atoms with E-state index in [0.717, 1.165) is 34.7 Å². The maximum Gasteiger partial charge on any atom is 0.266 e. The average molecular weight is 552 g/mol. The maximum absolute atomic E-state index is 13.9. The third kappa shape index (κ3) is 5.28. The highest BCUT2D eigenvalue weighted by molar-refractivity contribution is 7.09. The van der Waals surface area contributed by atoms with Gasteiger partial charge in [-0.05, 0) is 62.9 Å². The van der Waals surface area contributed by atoms with Gasteiger partial charge in [0.25, 0.3) is 11.8 Å². The topological polar surface area (TPSA) is 124 Å². The molecule has 4 aromatic heterocycles. The number of pyridine rings is 2. The fourth-order valence-electron chi connectivity index (χ4n) is 5.04. The van der Waals surface area contributed by atoms with Crippen molar-refractivity contribution in [3.05, 3.63) is 100 Å². The Bertz CT molecular complexity index is 1630. The van der Waals surface area contributed by atoms with Crippen LogP contribution in [0.5, 0.6) is 0 Å². The van der Waals surface area contributed by atoms with E-state index in [2.05, 4.69) is 20.2 Å². The van der Waals surface area contributed by atoms with Crippen LogP contribution in [0.25, 0.3) is 22.8 Å². The molecule has 6 rings (SSSR count). The quantitative estimate of drug-likeness (QED) is 0.287. The Kier molecular flexibility index (Phi) is 6.95. The van der Waals surface area contributed by atoms with Gasteiger partial charge in [-0.25, -0.2) is 9.97 Å². The highest BCUT2D eigenvalue weighted by Gasteiger charge is 2.34. The van der Waals surface area contributed by atoms with E-state index in [4.69, 9.17) is 15.1 Å². The van der Waals surface area contributed by atoms with Crippen molar-refractivity contribution in [3.63, 3.8) is 0 Å². The van der Waals surface area contributed by atoms with Crippen molar-refractivity contribution in [1.29, 1.82) is 0 Å². The number of nitrogens with zero attached hydrogens (tertiary/aromatic N) is 6. The molecule has 2 N–H and O–H groups in total. The number of carbonyl (C=O) groups excluding carboxylic acids is 1. The Morgan fingerprint density at radius 1 is 1.12 bits per heavy atom. The van der Waals surface area contributed by atoms with Gasteiger partial charge in [-0.15, -0.1) is 21.5 Å². The standard InChI is InChI=1S/C30H29N7O2S/c1-19-18-40-27(33-19)25-11-7-13-37(25)28(38)22-14-23(21-10-6-12-32-17-21)34-24(15-22)26-35-36-29(39-26)30(2,31)16-20-8-4-3-5-9-20/h3-6,8-10,12,14-15,17-18,25H,7,11,13,16,31H2,1-2H3/t25?,30-/m1/s1. The zero-order chi connectivity index (χ0) is 27.7. The molecule has 202 valence electrons. The maximum atomic E-state index is 13.9. The SMILES string of the molecule is Cc1csc(C2CCCN2C(=O)c2cc(-c3cccnc3)nc(-c3nnc([C@](C)(N)Cc4ccccc4)o3)c2)n1. The highest BCUT2D eigenvalue weighted by Crippen LogP contribution is 2.36. The smallest absolute Gasteiger partial charge is 0.266 e. The molecule has 10 heteroatoms. The second kappa shape index (κ2) is 10.7. The van der Waals surface area contributed by atoms with Crippen molar-refractivity contribution in [2.75, 3.05) is 6.54 Å². The van der Waals surface area contributed by atoms with Crippen LogP contribution in [0, 0.1) is 6.92 Å². The molecule has 1 aliphatic heterocycles. The summed E-state index contributed by atoms with van der Waals surface area (Å²) in [6.45, 7) is 4.50. The molecule has 1 aliphatic rings. The van der Waals surface area contributed by atoms with Gasteiger partial charge in [0.2, 0.25) is 5.89 Å². The summed E-state index contributed by atoms with van der Waals surface area (Å²) in [5, 5.41) is 11.5. The first-order chi connectivity index (χ1) is 19.4. The molecule has 40 heavy (non-hydrogen) atoms. The normalized spacial score (nSPS) is 16.7. The molecule has 5 aromatic rings. The number of likely N-dealkylation sites (tertiary alicyclic amines) is 1. The molecule has 1 unspecified atom stereocenters. The van der Waals surface area contributed by atoms with Gasteiger partial charge >= 0.3 is 0 Å². The molecule has 1 saturated heterocycles. The number of benzene rings is 1. The van der Waals surface area contributed by atoms with E-state index in [1.807, 2.05) is 66.6 Å². The molecule has 0 spiro atoms. The highest BCUT2D eigenvalue weighted by atomic mass is 32.1. The summed E-state index contributed by atoms with van der Waals surface area (Å²) in [5.74, 6) is 0.413. The molecule has 2 atom stereocenters. The number of hydrogen-bond acceptors (Lipinski definition) is 9. The van der Waals surface area contributed by atoms with Crippen LogP contribution in [0.2, 0.25) is 0 Å². The Morgan fingerprint density at radius 3 is 2.70 bits per heavy atom. The molecule has 1 amide bonds. The minimum Gasteiger partial charge on any atom is -0.417 e. The number of hydrogen-bond donors (Lipinski definition) is 1. The summed E-state index contributed by atoms with van der Waals surface area (Å²) >= 11 is 1.60. The molecule has 0 aliphatic carbocycles. The largest absolute Gasteiger partial charge is 0.417 e. The Balaban J connectivity index is 1.36. The second-order valence-electron chi connectivity index (χ2n) is 10.3. The zero-order valence-corrected chi connectivity index (χ0v) is 23.1. The van der Waals surface area contributed by atoms with Gasteiger partial charge in [-0.1, -0.05) is 30.3 Å². The summed E-state index contributed by atoms with van der Waals surface area (Å²) in [7, 11) is 0. The molecule has 0 radical (unpaired) electrons. The predicted octanol–water partition coefficient (Wildman–Crippen LogP) is 5.35. The van der Waals surface area contributed by atoms with Crippen LogP contribution in [0.4, 0.5) is 0 Å². The summed E-state index contributed by atoms with van der Waals surface area (Å²) in [4.78, 5) is 29.5. The minimum atomic E-state index is -0.888. The van der Waals surface area contributed by atoms with E-state index in [0.29, 0.717) is 35.8 Å². The summed E-state index contributed by atoms with van der Waals surface area (Å²) in [6, 6.07) is 17.1. The minimum absolute atomic E-state index is 0.0457. The fourth-order valence-corrected chi connectivity index (χ4v) is 5.98. The molecular weight excluding hydrogens is 522 g/mol. The van der Waals surface area contributed by atoms with Gasteiger partial charge in [0.1, 0.15) is 10.7 Å². The molecule has 5 heterocycles. The van der Waals surface area contributed by atoms with Crippen LogP contribution in [-0.4, -0.2) is 42.5 Å². The Morgan fingerprint density at radius 2 is 1.95 bits per heavy atom. The van der Waals surface area contributed by atoms with Crippen molar-refractivity contribution < 1.29 is 9.21 Å². The van der Waals surface area contributed by atoms with Crippen molar-refractivity contribution >= 4 is 17.2 Å². The van der Waals surface area contributed by atoms with E-state index in [9.17, 15) is 4.79 Å². The molecule has 1 aromatic carbocycles. The molecular formula is C30H29N7O2S. The predicted molar refractivity (Wildman–Crippen MR) is 152 cm³/mol. The molecule has 1 fully saturated rings. The van der Waals surface area contributed by atoms with Gasteiger partial charge in [0, 0.05) is 41.1 Å². The first kappa shape index (κ1) is 26.0. The lowest BCUT2D eigenvalue weighted by molar-refractivity contribution is 0.0735. The van der Waals surface area contributed by atoms with Crippen LogP contribution in [0.1, 0.15) is 58.3 Å². The van der Waals surface area contributed by atoms with Crippen molar-refractivity contribution in [2.45, 2.75) is 44.7 Å². The number of amides is 1. The van der Waals surface area contributed by atoms with E-state index in [1.54, 1.807) is 35.9 Å². The van der Waals surface area contributed by atoms with Crippen LogP contribution in [0.15, 0.2) is 76.8 Å². The van der Waals surface area contributed by atoms with Crippen LogP contribution in [0.3, 0.4) is 0 Å². The number of aromatic nitrogens is 5. The average Bonchev–Trinajstić information content (AvgIpc) is 3.74. The van der Waals surface area contributed by atoms with E-state index in [-0.39, 0.29) is 17.8 Å². The lowest BCUT2D eigenvalue weighted by Crippen LogP contribution is -2.35. The third-order valence-corrected chi connectivity index (χ3v) is 8.08. The molecule has 0 saturated carbocycles. The van der Waals surface area contributed by atoms with E-state index >= 15 is 0 Å². The number of thiazole rings is 1. The summed E-state index contributed by atoms with van der Waals surface area (Å²) in [6.07, 6.45) is 5.74. The first-order valence-corrected chi connectivity index (χ1v) is 14.1. The second-order valence-corrected chi connectivity index (χ2v) is 11.2. The fraction of sp³-hybridized carbons (Fsp3) is 0.267.